The van der Waals surface area contributed by atoms with Gasteiger partial charge in [0.2, 0.25) is 5.91 Å². The second-order valence-corrected chi connectivity index (χ2v) is 10.1. The number of thiol groups is 1. The number of ether oxygens (including phenoxy) is 1. The van der Waals surface area contributed by atoms with E-state index in [0.717, 1.165) is 25.2 Å². The summed E-state index contributed by atoms with van der Waals surface area (Å²) in [5.74, 6) is 0.665. The minimum absolute atomic E-state index is 0.0477. The van der Waals surface area contributed by atoms with Crippen LogP contribution in [0.15, 0.2) is 24.3 Å². The lowest BCUT2D eigenvalue weighted by atomic mass is 10.1. The summed E-state index contributed by atoms with van der Waals surface area (Å²) in [5.41, 5.74) is 1.90. The third-order valence-electron chi connectivity index (χ3n) is 4.75. The Morgan fingerprint density at radius 3 is 2.18 bits per heavy atom. The fourth-order valence-electron chi connectivity index (χ4n) is 3.23. The van der Waals surface area contributed by atoms with Crippen molar-refractivity contribution in [3.05, 3.63) is 35.4 Å². The van der Waals surface area contributed by atoms with Crippen molar-refractivity contribution in [3.63, 3.8) is 0 Å². The highest BCUT2D eigenvalue weighted by atomic mass is 32.2. The number of benzene rings is 1. The van der Waals surface area contributed by atoms with Crippen LogP contribution in [0.1, 0.15) is 31.9 Å². The van der Waals surface area contributed by atoms with E-state index < -0.39 is 5.60 Å². The van der Waals surface area contributed by atoms with E-state index in [1.54, 1.807) is 21.6 Å². The Labute approximate surface area is 177 Å². The smallest absolute Gasteiger partial charge is 0.410 e. The first kappa shape index (κ1) is 21.3. The standard InChI is InChI=1S/C20H29N3O3S2/c1-20(2,3)26-18(25)22-10-8-21(9-11-22)12-15-4-6-16(7-5-15)13-23-17(24)14-28-19(23)27/h4-7,19,27H,8-14H2,1-3H3. The van der Waals surface area contributed by atoms with Gasteiger partial charge in [-0.25, -0.2) is 4.79 Å². The van der Waals surface area contributed by atoms with E-state index in [1.165, 1.54) is 5.56 Å². The number of hydrogen-bond donors (Lipinski definition) is 1. The molecule has 0 bridgehead atoms. The molecule has 28 heavy (non-hydrogen) atoms. The molecule has 2 heterocycles. The first-order chi connectivity index (χ1) is 13.2. The summed E-state index contributed by atoms with van der Waals surface area (Å²) in [6, 6.07) is 8.42. The fraction of sp³-hybridized carbons (Fsp3) is 0.600. The highest BCUT2D eigenvalue weighted by molar-refractivity contribution is 8.11. The van der Waals surface area contributed by atoms with Gasteiger partial charge in [0.15, 0.2) is 0 Å². The predicted molar refractivity (Wildman–Crippen MR) is 115 cm³/mol. The summed E-state index contributed by atoms with van der Waals surface area (Å²) in [6.07, 6.45) is -0.228. The van der Waals surface area contributed by atoms with Gasteiger partial charge in [-0.05, 0) is 31.9 Å². The van der Waals surface area contributed by atoms with Crippen molar-refractivity contribution in [2.75, 3.05) is 31.9 Å². The zero-order chi connectivity index (χ0) is 20.3. The van der Waals surface area contributed by atoms with Crippen molar-refractivity contribution in [1.82, 2.24) is 14.7 Å². The maximum absolute atomic E-state index is 12.2. The second kappa shape index (κ2) is 8.97. The predicted octanol–water partition coefficient (Wildman–Crippen LogP) is 3.03. The van der Waals surface area contributed by atoms with Gasteiger partial charge in [0.25, 0.3) is 0 Å². The molecule has 1 aromatic rings. The monoisotopic (exact) mass is 423 g/mol. The van der Waals surface area contributed by atoms with E-state index in [4.69, 9.17) is 4.74 Å². The van der Waals surface area contributed by atoms with Crippen LogP contribution in [-0.2, 0) is 22.6 Å². The number of piperazine rings is 1. The summed E-state index contributed by atoms with van der Waals surface area (Å²) in [4.78, 5) is 30.0. The van der Waals surface area contributed by atoms with Crippen LogP contribution in [-0.4, -0.2) is 68.9 Å². The first-order valence-corrected chi connectivity index (χ1v) is 11.1. The van der Waals surface area contributed by atoms with Crippen LogP contribution >= 0.6 is 24.4 Å². The van der Waals surface area contributed by atoms with Crippen molar-refractivity contribution in [1.29, 1.82) is 0 Å². The number of rotatable bonds is 4. The molecule has 0 radical (unpaired) electrons. The van der Waals surface area contributed by atoms with Crippen LogP contribution in [0.5, 0.6) is 0 Å². The molecule has 154 valence electrons. The molecule has 2 amide bonds. The van der Waals surface area contributed by atoms with Crippen LogP contribution in [0.25, 0.3) is 0 Å². The molecular weight excluding hydrogens is 394 g/mol. The van der Waals surface area contributed by atoms with E-state index in [2.05, 4.69) is 41.8 Å². The quantitative estimate of drug-likeness (QED) is 0.755. The van der Waals surface area contributed by atoms with Gasteiger partial charge in [-0.15, -0.1) is 24.4 Å². The van der Waals surface area contributed by atoms with Gasteiger partial charge in [0, 0.05) is 39.3 Å². The minimum Gasteiger partial charge on any atom is -0.444 e. The van der Waals surface area contributed by atoms with Gasteiger partial charge in [0.05, 0.1) is 5.75 Å². The average Bonchev–Trinajstić information content (AvgIpc) is 2.94. The fourth-order valence-corrected chi connectivity index (χ4v) is 4.49. The normalized spacial score (nSPS) is 21.3. The van der Waals surface area contributed by atoms with Crippen molar-refractivity contribution in [2.45, 2.75) is 44.2 Å². The van der Waals surface area contributed by atoms with E-state index in [0.29, 0.717) is 25.4 Å². The molecule has 1 unspecified atom stereocenters. The maximum atomic E-state index is 12.2. The number of amides is 2. The number of hydrogen-bond acceptors (Lipinski definition) is 6. The zero-order valence-corrected chi connectivity index (χ0v) is 18.5. The average molecular weight is 424 g/mol. The second-order valence-electron chi connectivity index (χ2n) is 8.22. The molecule has 0 saturated carbocycles. The van der Waals surface area contributed by atoms with Crippen molar-refractivity contribution in [2.24, 2.45) is 0 Å². The highest BCUT2D eigenvalue weighted by Gasteiger charge is 2.29. The molecule has 6 nitrogen and oxygen atoms in total. The lowest BCUT2D eigenvalue weighted by Gasteiger charge is -2.35. The molecule has 2 aliphatic rings. The van der Waals surface area contributed by atoms with Gasteiger partial charge >= 0.3 is 6.09 Å². The number of nitrogens with zero attached hydrogens (tertiary/aromatic N) is 3. The maximum Gasteiger partial charge on any atom is 0.410 e. The van der Waals surface area contributed by atoms with E-state index >= 15 is 0 Å². The number of carbonyl (C=O) groups is 2. The van der Waals surface area contributed by atoms with Crippen LogP contribution in [0.4, 0.5) is 4.79 Å². The van der Waals surface area contributed by atoms with Crippen LogP contribution in [0.3, 0.4) is 0 Å². The van der Waals surface area contributed by atoms with Gasteiger partial charge in [0.1, 0.15) is 10.3 Å². The van der Waals surface area contributed by atoms with E-state index in [9.17, 15) is 9.59 Å². The lowest BCUT2D eigenvalue weighted by molar-refractivity contribution is -0.127. The molecular formula is C20H29N3O3S2. The molecule has 2 saturated heterocycles. The Morgan fingerprint density at radius 1 is 1.11 bits per heavy atom. The molecule has 1 atom stereocenters. The molecule has 0 N–H and O–H groups in total. The summed E-state index contributed by atoms with van der Waals surface area (Å²) < 4.78 is 5.40. The Bertz CT molecular complexity index is 698. The molecule has 1 aromatic carbocycles. The molecule has 0 aliphatic carbocycles. The van der Waals surface area contributed by atoms with E-state index in [1.807, 2.05) is 20.8 Å². The summed E-state index contributed by atoms with van der Waals surface area (Å²) >= 11 is 6.01. The van der Waals surface area contributed by atoms with Gasteiger partial charge < -0.3 is 14.5 Å². The Kier molecular flexibility index (Phi) is 6.83. The van der Waals surface area contributed by atoms with Crippen molar-refractivity contribution < 1.29 is 14.3 Å². The Balaban J connectivity index is 1.46. The van der Waals surface area contributed by atoms with Crippen LogP contribution in [0.2, 0.25) is 0 Å². The first-order valence-electron chi connectivity index (χ1n) is 9.58. The van der Waals surface area contributed by atoms with E-state index in [-0.39, 0.29) is 16.7 Å². The van der Waals surface area contributed by atoms with Crippen LogP contribution in [0, 0.1) is 0 Å². The number of carbonyl (C=O) groups excluding carboxylic acids is 2. The molecule has 2 fully saturated rings. The van der Waals surface area contributed by atoms with Crippen molar-refractivity contribution >= 4 is 36.4 Å². The Hall–Kier alpha value is -1.38. The lowest BCUT2D eigenvalue weighted by Crippen LogP contribution is -2.49. The minimum atomic E-state index is -0.457. The summed E-state index contributed by atoms with van der Waals surface area (Å²) in [6.45, 7) is 10.2. The molecule has 0 spiro atoms. The molecule has 0 aromatic heterocycles. The van der Waals surface area contributed by atoms with Crippen LogP contribution < -0.4 is 0 Å². The molecule has 2 aliphatic heterocycles. The van der Waals surface area contributed by atoms with Crippen molar-refractivity contribution in [3.8, 4) is 0 Å². The van der Waals surface area contributed by atoms with Gasteiger partial charge in [-0.3, -0.25) is 9.69 Å². The Morgan fingerprint density at radius 2 is 1.68 bits per heavy atom. The highest BCUT2D eigenvalue weighted by Crippen LogP contribution is 2.29. The third kappa shape index (κ3) is 5.81. The third-order valence-corrected chi connectivity index (χ3v) is 6.44. The zero-order valence-electron chi connectivity index (χ0n) is 16.8. The molecule has 3 rings (SSSR count). The largest absolute Gasteiger partial charge is 0.444 e. The number of thioether (sulfide) groups is 1. The summed E-state index contributed by atoms with van der Waals surface area (Å²) in [5, 5.41) is 0. The van der Waals surface area contributed by atoms with Gasteiger partial charge in [-0.1, -0.05) is 24.3 Å². The van der Waals surface area contributed by atoms with Gasteiger partial charge in [-0.2, -0.15) is 0 Å². The summed E-state index contributed by atoms with van der Waals surface area (Å²) in [7, 11) is 0. The SMILES string of the molecule is CC(C)(C)OC(=O)N1CCN(Cc2ccc(CN3C(=O)CSC3S)cc2)CC1. The topological polar surface area (TPSA) is 53.1 Å². The molecule has 8 heteroatoms.